The Morgan fingerprint density at radius 1 is 1.38 bits per heavy atom. The average molecular weight is 219 g/mol. The third-order valence-electron chi connectivity index (χ3n) is 2.89. The number of halogens is 1. The molecule has 0 aromatic heterocycles. The van der Waals surface area contributed by atoms with Crippen molar-refractivity contribution >= 4 is 6.08 Å². The van der Waals surface area contributed by atoms with E-state index in [4.69, 9.17) is 0 Å². The number of hydrogen-bond donors (Lipinski definition) is 1. The van der Waals surface area contributed by atoms with Gasteiger partial charge in [0.25, 0.3) is 0 Å². The van der Waals surface area contributed by atoms with Crippen LogP contribution in [0.5, 0.6) is 0 Å². The summed E-state index contributed by atoms with van der Waals surface area (Å²) in [6, 6.07) is 7.40. The summed E-state index contributed by atoms with van der Waals surface area (Å²) in [4.78, 5) is 0. The molecular formula is C14H18FN. The van der Waals surface area contributed by atoms with Gasteiger partial charge in [0.1, 0.15) is 5.82 Å². The summed E-state index contributed by atoms with van der Waals surface area (Å²) in [5, 5.41) is 3.50. The molecule has 1 aromatic carbocycles. The van der Waals surface area contributed by atoms with Crippen LogP contribution in [0.1, 0.15) is 31.7 Å². The van der Waals surface area contributed by atoms with E-state index in [0.717, 1.165) is 24.6 Å². The Kier molecular flexibility index (Phi) is 3.73. The quantitative estimate of drug-likeness (QED) is 0.800. The van der Waals surface area contributed by atoms with Crippen molar-refractivity contribution in [2.75, 3.05) is 6.54 Å². The first-order valence-electron chi connectivity index (χ1n) is 5.96. The van der Waals surface area contributed by atoms with Crippen LogP contribution in [0.3, 0.4) is 0 Å². The zero-order chi connectivity index (χ0) is 11.4. The van der Waals surface area contributed by atoms with Gasteiger partial charge in [-0.3, -0.25) is 0 Å². The number of nitrogens with one attached hydrogen (secondary N) is 1. The molecule has 0 saturated heterocycles. The second-order valence-electron chi connectivity index (χ2n) is 4.36. The molecule has 2 rings (SSSR count). The van der Waals surface area contributed by atoms with Crippen molar-refractivity contribution in [3.63, 3.8) is 0 Å². The molecule has 1 nitrogen and oxygen atoms in total. The van der Waals surface area contributed by atoms with Gasteiger partial charge in [-0.25, -0.2) is 4.39 Å². The van der Waals surface area contributed by atoms with E-state index in [1.807, 2.05) is 12.1 Å². The molecule has 0 bridgehead atoms. The second-order valence-corrected chi connectivity index (χ2v) is 4.36. The van der Waals surface area contributed by atoms with Gasteiger partial charge < -0.3 is 5.32 Å². The zero-order valence-electron chi connectivity index (χ0n) is 9.67. The highest BCUT2D eigenvalue weighted by atomic mass is 19.1. The van der Waals surface area contributed by atoms with E-state index in [0.29, 0.717) is 0 Å². The molecule has 0 spiro atoms. The van der Waals surface area contributed by atoms with E-state index in [9.17, 15) is 4.39 Å². The molecule has 1 aliphatic carbocycles. The van der Waals surface area contributed by atoms with Crippen LogP contribution in [0.4, 0.5) is 4.39 Å². The molecule has 1 fully saturated rings. The van der Waals surface area contributed by atoms with Crippen molar-refractivity contribution < 1.29 is 4.39 Å². The van der Waals surface area contributed by atoms with Gasteiger partial charge in [-0.05, 0) is 37.0 Å². The van der Waals surface area contributed by atoms with Gasteiger partial charge in [-0.1, -0.05) is 30.7 Å². The standard InChI is InChI=1S/C14H18FN/c1-2-11(10-16-14-7-8-14)9-12-3-5-13(15)6-4-12/h3-6,9,14,16H,2,7-8,10H2,1H3. The molecular weight excluding hydrogens is 201 g/mol. The Hall–Kier alpha value is -1.15. The fourth-order valence-corrected chi connectivity index (χ4v) is 1.64. The Balaban J connectivity index is 1.97. The number of benzene rings is 1. The van der Waals surface area contributed by atoms with Gasteiger partial charge in [0.2, 0.25) is 0 Å². The molecule has 0 amide bonds. The van der Waals surface area contributed by atoms with Crippen molar-refractivity contribution in [3.8, 4) is 0 Å². The average Bonchev–Trinajstić information content (AvgIpc) is 3.11. The van der Waals surface area contributed by atoms with E-state index in [1.165, 1.54) is 30.5 Å². The largest absolute Gasteiger partial charge is 0.310 e. The second kappa shape index (κ2) is 5.26. The lowest BCUT2D eigenvalue weighted by molar-refractivity contribution is 0.627. The minimum atomic E-state index is -0.175. The molecule has 0 atom stereocenters. The summed E-state index contributed by atoms with van der Waals surface area (Å²) in [7, 11) is 0. The summed E-state index contributed by atoms with van der Waals surface area (Å²) in [6.45, 7) is 3.11. The van der Waals surface area contributed by atoms with Crippen molar-refractivity contribution in [1.82, 2.24) is 5.32 Å². The molecule has 2 heteroatoms. The van der Waals surface area contributed by atoms with Crippen LogP contribution in [0, 0.1) is 5.82 Å². The predicted molar refractivity (Wildman–Crippen MR) is 65.7 cm³/mol. The molecule has 0 radical (unpaired) electrons. The van der Waals surface area contributed by atoms with Crippen LogP contribution < -0.4 is 5.32 Å². The summed E-state index contributed by atoms with van der Waals surface area (Å²) < 4.78 is 12.7. The topological polar surface area (TPSA) is 12.0 Å². The minimum Gasteiger partial charge on any atom is -0.310 e. The van der Waals surface area contributed by atoms with Crippen LogP contribution in [-0.2, 0) is 0 Å². The van der Waals surface area contributed by atoms with E-state index in [1.54, 1.807) is 0 Å². The van der Waals surface area contributed by atoms with Crippen LogP contribution in [0.15, 0.2) is 29.8 Å². The maximum Gasteiger partial charge on any atom is 0.123 e. The van der Waals surface area contributed by atoms with Crippen LogP contribution in [0.2, 0.25) is 0 Å². The van der Waals surface area contributed by atoms with Gasteiger partial charge in [0.15, 0.2) is 0 Å². The van der Waals surface area contributed by atoms with E-state index in [2.05, 4.69) is 18.3 Å². The highest BCUT2D eigenvalue weighted by molar-refractivity contribution is 5.53. The lowest BCUT2D eigenvalue weighted by Gasteiger charge is -2.06. The van der Waals surface area contributed by atoms with Crippen LogP contribution in [-0.4, -0.2) is 12.6 Å². The maximum absolute atomic E-state index is 12.7. The predicted octanol–water partition coefficient (Wildman–Crippen LogP) is 3.37. The fourth-order valence-electron chi connectivity index (χ4n) is 1.64. The van der Waals surface area contributed by atoms with E-state index in [-0.39, 0.29) is 5.82 Å². The molecule has 1 N–H and O–H groups in total. The molecule has 1 aromatic rings. The summed E-state index contributed by atoms with van der Waals surface area (Å²) >= 11 is 0. The smallest absolute Gasteiger partial charge is 0.123 e. The van der Waals surface area contributed by atoms with Crippen molar-refractivity contribution in [1.29, 1.82) is 0 Å². The first-order valence-corrected chi connectivity index (χ1v) is 5.96. The molecule has 1 aliphatic rings. The lowest BCUT2D eigenvalue weighted by atomic mass is 10.1. The van der Waals surface area contributed by atoms with E-state index < -0.39 is 0 Å². The van der Waals surface area contributed by atoms with Gasteiger partial charge >= 0.3 is 0 Å². The van der Waals surface area contributed by atoms with Crippen molar-refractivity contribution in [2.45, 2.75) is 32.2 Å². The first-order chi connectivity index (χ1) is 7.78. The van der Waals surface area contributed by atoms with Crippen LogP contribution in [0.25, 0.3) is 6.08 Å². The third-order valence-corrected chi connectivity index (χ3v) is 2.89. The van der Waals surface area contributed by atoms with Crippen molar-refractivity contribution in [2.24, 2.45) is 0 Å². The molecule has 86 valence electrons. The SMILES string of the molecule is CCC(=Cc1ccc(F)cc1)CNC1CC1. The zero-order valence-corrected chi connectivity index (χ0v) is 9.67. The Bertz CT molecular complexity index is 363. The molecule has 16 heavy (non-hydrogen) atoms. The van der Waals surface area contributed by atoms with Gasteiger partial charge in [0.05, 0.1) is 0 Å². The molecule has 0 unspecified atom stereocenters. The molecule has 0 aliphatic heterocycles. The number of hydrogen-bond acceptors (Lipinski definition) is 1. The van der Waals surface area contributed by atoms with Gasteiger partial charge in [-0.2, -0.15) is 0 Å². The fraction of sp³-hybridized carbons (Fsp3) is 0.429. The highest BCUT2D eigenvalue weighted by Gasteiger charge is 2.19. The normalized spacial score (nSPS) is 16.5. The summed E-state index contributed by atoms with van der Waals surface area (Å²) in [6.07, 6.45) is 5.81. The summed E-state index contributed by atoms with van der Waals surface area (Å²) in [5.41, 5.74) is 2.45. The third kappa shape index (κ3) is 3.46. The van der Waals surface area contributed by atoms with Crippen LogP contribution >= 0.6 is 0 Å². The van der Waals surface area contributed by atoms with Gasteiger partial charge in [0, 0.05) is 12.6 Å². The van der Waals surface area contributed by atoms with Crippen molar-refractivity contribution in [3.05, 3.63) is 41.2 Å². The Morgan fingerprint density at radius 3 is 2.62 bits per heavy atom. The Labute approximate surface area is 96.4 Å². The maximum atomic E-state index is 12.7. The highest BCUT2D eigenvalue weighted by Crippen LogP contribution is 2.19. The lowest BCUT2D eigenvalue weighted by Crippen LogP contribution is -2.18. The van der Waals surface area contributed by atoms with E-state index >= 15 is 0 Å². The minimum absolute atomic E-state index is 0.175. The monoisotopic (exact) mass is 219 g/mol. The molecule has 1 saturated carbocycles. The summed E-state index contributed by atoms with van der Waals surface area (Å²) in [5.74, 6) is -0.175. The number of rotatable bonds is 5. The van der Waals surface area contributed by atoms with Gasteiger partial charge in [-0.15, -0.1) is 0 Å². The molecule has 0 heterocycles. The Morgan fingerprint density at radius 2 is 2.06 bits per heavy atom. The first kappa shape index (κ1) is 11.3.